The van der Waals surface area contributed by atoms with Crippen molar-refractivity contribution in [1.29, 1.82) is 0 Å². The zero-order valence-electron chi connectivity index (χ0n) is 16.9. The van der Waals surface area contributed by atoms with Gasteiger partial charge in [-0.15, -0.1) is 12.3 Å². The van der Waals surface area contributed by atoms with E-state index in [9.17, 15) is 5.11 Å². The van der Waals surface area contributed by atoms with Crippen LogP contribution in [0.5, 0.6) is 0 Å². The molecule has 1 aliphatic rings. The van der Waals surface area contributed by atoms with E-state index in [4.69, 9.17) is 16.5 Å². The van der Waals surface area contributed by atoms with Crippen LogP contribution in [-0.2, 0) is 6.42 Å². The highest BCUT2D eigenvalue weighted by Crippen LogP contribution is 2.30. The maximum Gasteiger partial charge on any atom is 0.165 e. The number of β-amino-alcohol motifs (C(OH)–C–C–N with tert-alkyl or cyclic N) is 1. The summed E-state index contributed by atoms with van der Waals surface area (Å²) in [6.45, 7) is 6.62. The molecule has 1 aliphatic heterocycles. The molecule has 6 heteroatoms. The molecule has 1 N–H and O–H groups in total. The number of aliphatic hydroxyl groups is 1. The van der Waals surface area contributed by atoms with Gasteiger partial charge in [0.2, 0.25) is 0 Å². The highest BCUT2D eigenvalue weighted by Gasteiger charge is 2.22. The minimum Gasteiger partial charge on any atom is -0.395 e. The van der Waals surface area contributed by atoms with Crippen molar-refractivity contribution in [1.82, 2.24) is 19.5 Å². The molecule has 0 bridgehead atoms. The van der Waals surface area contributed by atoms with Crippen LogP contribution in [0.2, 0.25) is 0 Å². The van der Waals surface area contributed by atoms with E-state index in [1.807, 2.05) is 29.6 Å². The molecule has 4 rings (SSSR count). The Morgan fingerprint density at radius 2 is 1.90 bits per heavy atom. The summed E-state index contributed by atoms with van der Waals surface area (Å²) in [6.07, 6.45) is 6.93. The van der Waals surface area contributed by atoms with Gasteiger partial charge in [0.15, 0.2) is 5.65 Å². The zero-order chi connectivity index (χ0) is 20.2. The Balaban J connectivity index is 1.78. The van der Waals surface area contributed by atoms with Gasteiger partial charge in [0, 0.05) is 62.9 Å². The fourth-order valence-corrected chi connectivity index (χ4v) is 3.99. The number of nitrogens with zero attached hydrogens (tertiary/aromatic N) is 5. The minimum atomic E-state index is 0.203. The lowest BCUT2D eigenvalue weighted by Crippen LogP contribution is -2.47. The summed E-state index contributed by atoms with van der Waals surface area (Å²) in [4.78, 5) is 9.60. The van der Waals surface area contributed by atoms with Gasteiger partial charge in [-0.3, -0.25) is 4.90 Å². The summed E-state index contributed by atoms with van der Waals surface area (Å²) in [7, 11) is 0. The normalized spacial score (nSPS) is 15.0. The fraction of sp³-hybridized carbons (Fsp3) is 0.391. The number of hydrogen-bond acceptors (Lipinski definition) is 5. The largest absolute Gasteiger partial charge is 0.395 e. The van der Waals surface area contributed by atoms with Gasteiger partial charge in [-0.1, -0.05) is 30.3 Å². The van der Waals surface area contributed by atoms with Gasteiger partial charge in [-0.25, -0.2) is 4.98 Å². The van der Waals surface area contributed by atoms with Crippen LogP contribution >= 0.6 is 0 Å². The lowest BCUT2D eigenvalue weighted by Gasteiger charge is -2.35. The Bertz CT molecular complexity index is 1010. The van der Waals surface area contributed by atoms with Crippen molar-refractivity contribution >= 4 is 11.5 Å². The first kappa shape index (κ1) is 19.4. The minimum absolute atomic E-state index is 0.203. The Morgan fingerprint density at radius 3 is 2.59 bits per heavy atom. The van der Waals surface area contributed by atoms with E-state index in [1.165, 1.54) is 0 Å². The number of aromatic nitrogens is 3. The van der Waals surface area contributed by atoms with Crippen molar-refractivity contribution in [2.24, 2.45) is 0 Å². The van der Waals surface area contributed by atoms with Gasteiger partial charge in [0.05, 0.1) is 12.3 Å². The first-order valence-corrected chi connectivity index (χ1v) is 10.2. The Labute approximate surface area is 171 Å². The van der Waals surface area contributed by atoms with Crippen molar-refractivity contribution in [3.05, 3.63) is 47.8 Å². The average molecular weight is 390 g/mol. The molecule has 0 unspecified atom stereocenters. The molecule has 0 radical (unpaired) electrons. The average Bonchev–Trinajstić information content (AvgIpc) is 3.09. The molecule has 1 saturated heterocycles. The molecule has 150 valence electrons. The second-order valence-corrected chi connectivity index (χ2v) is 7.42. The number of anilines is 1. The molecule has 3 heterocycles. The number of aliphatic hydroxyl groups excluding tert-OH is 1. The first-order valence-electron chi connectivity index (χ1n) is 10.2. The third-order valence-electron chi connectivity index (χ3n) is 5.50. The summed E-state index contributed by atoms with van der Waals surface area (Å²) in [5.74, 6) is 3.79. The second kappa shape index (κ2) is 8.64. The number of piperazine rings is 1. The molecule has 0 spiro atoms. The van der Waals surface area contributed by atoms with E-state index < -0.39 is 0 Å². The van der Waals surface area contributed by atoms with E-state index in [-0.39, 0.29) is 6.61 Å². The molecular formula is C23H27N5O. The van der Waals surface area contributed by atoms with E-state index in [1.54, 1.807) is 0 Å². The SMILES string of the molecule is C#CCCc1cc(N2CCN(CCO)CC2)n2nc(C)c(-c3ccccc3)c2n1. The molecule has 1 aromatic carbocycles. The van der Waals surface area contributed by atoms with Crippen molar-refractivity contribution in [3.63, 3.8) is 0 Å². The van der Waals surface area contributed by atoms with E-state index in [0.29, 0.717) is 6.42 Å². The van der Waals surface area contributed by atoms with Crippen LogP contribution in [0.25, 0.3) is 16.8 Å². The van der Waals surface area contributed by atoms with Gasteiger partial charge in [-0.05, 0) is 12.5 Å². The molecular weight excluding hydrogens is 362 g/mol. The summed E-state index contributed by atoms with van der Waals surface area (Å²) >= 11 is 0. The molecule has 2 aromatic heterocycles. The smallest absolute Gasteiger partial charge is 0.165 e. The zero-order valence-corrected chi connectivity index (χ0v) is 16.9. The third-order valence-corrected chi connectivity index (χ3v) is 5.50. The van der Waals surface area contributed by atoms with Crippen LogP contribution in [0.4, 0.5) is 5.82 Å². The lowest BCUT2D eigenvalue weighted by molar-refractivity contribution is 0.188. The molecule has 0 amide bonds. The third kappa shape index (κ3) is 3.98. The van der Waals surface area contributed by atoms with E-state index in [0.717, 1.165) is 73.1 Å². The second-order valence-electron chi connectivity index (χ2n) is 7.42. The lowest BCUT2D eigenvalue weighted by atomic mass is 10.1. The number of benzene rings is 1. The molecule has 0 saturated carbocycles. The van der Waals surface area contributed by atoms with Crippen LogP contribution in [-0.4, -0.2) is 63.9 Å². The van der Waals surface area contributed by atoms with Gasteiger partial charge in [0.1, 0.15) is 5.82 Å². The van der Waals surface area contributed by atoms with Crippen molar-refractivity contribution < 1.29 is 5.11 Å². The van der Waals surface area contributed by atoms with E-state index in [2.05, 4.69) is 33.9 Å². The Kier molecular flexibility index (Phi) is 5.79. The van der Waals surface area contributed by atoms with Gasteiger partial charge in [-0.2, -0.15) is 9.61 Å². The molecule has 0 aliphatic carbocycles. The fourth-order valence-electron chi connectivity index (χ4n) is 3.99. The summed E-state index contributed by atoms with van der Waals surface area (Å²) < 4.78 is 1.98. The highest BCUT2D eigenvalue weighted by atomic mass is 16.3. The maximum absolute atomic E-state index is 9.21. The molecule has 6 nitrogen and oxygen atoms in total. The molecule has 3 aromatic rings. The van der Waals surface area contributed by atoms with Crippen LogP contribution in [0.3, 0.4) is 0 Å². The number of fused-ring (bicyclic) bond motifs is 1. The van der Waals surface area contributed by atoms with Crippen molar-refractivity contribution in [2.45, 2.75) is 19.8 Å². The number of terminal acetylenes is 1. The van der Waals surface area contributed by atoms with Crippen LogP contribution < -0.4 is 4.90 Å². The van der Waals surface area contributed by atoms with Crippen LogP contribution in [0.1, 0.15) is 17.8 Å². The monoisotopic (exact) mass is 389 g/mol. The van der Waals surface area contributed by atoms with Crippen molar-refractivity contribution in [2.75, 3.05) is 44.2 Å². The molecule has 29 heavy (non-hydrogen) atoms. The first-order chi connectivity index (χ1) is 14.2. The molecule has 1 fully saturated rings. The number of rotatable bonds is 6. The number of aryl methyl sites for hydroxylation is 2. The van der Waals surface area contributed by atoms with Gasteiger partial charge in [0.25, 0.3) is 0 Å². The number of hydrogen-bond donors (Lipinski definition) is 1. The summed E-state index contributed by atoms with van der Waals surface area (Å²) in [5.41, 5.74) is 5.06. The Hall–Kier alpha value is -2.88. The van der Waals surface area contributed by atoms with E-state index >= 15 is 0 Å². The summed E-state index contributed by atoms with van der Waals surface area (Å²) in [5, 5.41) is 14.1. The van der Waals surface area contributed by atoms with Gasteiger partial charge < -0.3 is 10.0 Å². The highest BCUT2D eigenvalue weighted by molar-refractivity contribution is 5.81. The standard InChI is InChI=1S/C23H27N5O/c1-3-4-10-20-17-21(27-13-11-26(12-14-27)15-16-29)28-23(24-20)22(18(2)25-28)19-8-6-5-7-9-19/h1,5-9,17,29H,4,10-16H2,2H3. The predicted molar refractivity (Wildman–Crippen MR) is 116 cm³/mol. The quantitative estimate of drug-likeness (QED) is 0.656. The Morgan fingerprint density at radius 1 is 1.14 bits per heavy atom. The summed E-state index contributed by atoms with van der Waals surface area (Å²) in [6, 6.07) is 12.4. The van der Waals surface area contributed by atoms with Crippen LogP contribution in [0, 0.1) is 19.3 Å². The maximum atomic E-state index is 9.21. The van der Waals surface area contributed by atoms with Gasteiger partial charge >= 0.3 is 0 Å². The van der Waals surface area contributed by atoms with Crippen molar-refractivity contribution in [3.8, 4) is 23.5 Å². The van der Waals surface area contributed by atoms with Crippen LogP contribution in [0.15, 0.2) is 36.4 Å². The predicted octanol–water partition coefficient (Wildman–Crippen LogP) is 2.38. The topological polar surface area (TPSA) is 56.9 Å². The molecule has 0 atom stereocenters.